The number of nitrogens with zero attached hydrogens (tertiary/aromatic N) is 3. The number of ether oxygens (including phenoxy) is 1. The molecule has 0 atom stereocenters. The van der Waals surface area contributed by atoms with Crippen LogP contribution in [0.15, 0.2) is 18.2 Å². The molecule has 1 amide bonds. The molecule has 0 N–H and O–H groups in total. The van der Waals surface area contributed by atoms with E-state index in [1.54, 1.807) is 7.05 Å². The first-order chi connectivity index (χ1) is 8.52. The summed E-state index contributed by atoms with van der Waals surface area (Å²) < 4.78 is 6.71. The number of carbonyl (C=O) groups is 1. The van der Waals surface area contributed by atoms with Gasteiger partial charge < -0.3 is 14.2 Å². The normalized spacial score (nSPS) is 10.7. The van der Waals surface area contributed by atoms with Crippen LogP contribution in [0.1, 0.15) is 11.4 Å². The summed E-state index contributed by atoms with van der Waals surface area (Å²) in [5.41, 5.74) is 3.08. The first-order valence-electron chi connectivity index (χ1n) is 5.74. The number of amides is 1. The lowest BCUT2D eigenvalue weighted by Crippen LogP contribution is -2.25. The molecule has 0 spiro atoms. The molecule has 0 bridgehead atoms. The minimum absolute atomic E-state index is 0.340. The van der Waals surface area contributed by atoms with Crippen molar-refractivity contribution in [3.63, 3.8) is 0 Å². The van der Waals surface area contributed by atoms with E-state index >= 15 is 0 Å². The Hall–Kier alpha value is -2.04. The summed E-state index contributed by atoms with van der Waals surface area (Å²) in [4.78, 5) is 17.3. The predicted molar refractivity (Wildman–Crippen MR) is 69.3 cm³/mol. The van der Waals surface area contributed by atoms with Gasteiger partial charge in [-0.3, -0.25) is 0 Å². The number of aryl methyl sites for hydroxylation is 2. The molecule has 5 heteroatoms. The van der Waals surface area contributed by atoms with Gasteiger partial charge in [-0.15, -0.1) is 0 Å². The number of hydrogen-bond acceptors (Lipinski definition) is 3. The van der Waals surface area contributed by atoms with Gasteiger partial charge in [-0.25, -0.2) is 9.78 Å². The summed E-state index contributed by atoms with van der Waals surface area (Å²) in [6.07, 6.45) is -0.340. The van der Waals surface area contributed by atoms with Crippen LogP contribution >= 0.6 is 0 Å². The number of fused-ring (bicyclic) bond motifs is 1. The number of rotatable bonds is 2. The van der Waals surface area contributed by atoms with Gasteiger partial charge in [0, 0.05) is 20.6 Å². The molecule has 18 heavy (non-hydrogen) atoms. The van der Waals surface area contributed by atoms with E-state index in [0.717, 1.165) is 22.4 Å². The molecule has 0 aliphatic rings. The third-order valence-electron chi connectivity index (χ3n) is 3.07. The summed E-state index contributed by atoms with van der Waals surface area (Å²) in [7, 11) is 5.08. The first kappa shape index (κ1) is 12.4. The highest BCUT2D eigenvalue weighted by Crippen LogP contribution is 2.17. The van der Waals surface area contributed by atoms with Gasteiger partial charge in [0.2, 0.25) is 0 Å². The summed E-state index contributed by atoms with van der Waals surface area (Å²) >= 11 is 0. The standard InChI is InChI=1S/C13H17N3O2/c1-9-14-11-7-10(5-6-12(11)16(9)3)8-15(2)13(17)18-4/h5-7H,8H2,1-4H3. The van der Waals surface area contributed by atoms with Crippen molar-refractivity contribution in [2.45, 2.75) is 13.5 Å². The van der Waals surface area contributed by atoms with Crippen molar-refractivity contribution in [2.75, 3.05) is 14.2 Å². The van der Waals surface area contributed by atoms with Gasteiger partial charge in [-0.1, -0.05) is 6.07 Å². The van der Waals surface area contributed by atoms with Crippen molar-refractivity contribution in [3.05, 3.63) is 29.6 Å². The Morgan fingerprint density at radius 1 is 1.50 bits per heavy atom. The van der Waals surface area contributed by atoms with E-state index in [0.29, 0.717) is 6.54 Å². The van der Waals surface area contributed by atoms with Crippen molar-refractivity contribution in [1.29, 1.82) is 0 Å². The largest absolute Gasteiger partial charge is 0.453 e. The topological polar surface area (TPSA) is 47.4 Å². The molecule has 0 fully saturated rings. The van der Waals surface area contributed by atoms with Gasteiger partial charge in [-0.2, -0.15) is 0 Å². The fraction of sp³-hybridized carbons (Fsp3) is 0.385. The van der Waals surface area contributed by atoms with Crippen LogP contribution < -0.4 is 0 Å². The minimum Gasteiger partial charge on any atom is -0.453 e. The average Bonchev–Trinajstić information content (AvgIpc) is 2.63. The number of aromatic nitrogens is 2. The molecule has 2 rings (SSSR count). The predicted octanol–water partition coefficient (Wildman–Crippen LogP) is 2.08. The van der Waals surface area contributed by atoms with Gasteiger partial charge >= 0.3 is 6.09 Å². The average molecular weight is 247 g/mol. The van der Waals surface area contributed by atoms with Crippen LogP contribution in [-0.4, -0.2) is 34.7 Å². The summed E-state index contributed by atoms with van der Waals surface area (Å²) in [5.74, 6) is 0.975. The van der Waals surface area contributed by atoms with Crippen molar-refractivity contribution in [1.82, 2.24) is 14.5 Å². The van der Waals surface area contributed by atoms with E-state index in [-0.39, 0.29) is 6.09 Å². The zero-order valence-corrected chi connectivity index (χ0v) is 11.1. The van der Waals surface area contributed by atoms with Crippen LogP contribution in [-0.2, 0) is 18.3 Å². The monoisotopic (exact) mass is 247 g/mol. The zero-order valence-electron chi connectivity index (χ0n) is 11.1. The molecule has 0 unspecified atom stereocenters. The lowest BCUT2D eigenvalue weighted by molar-refractivity contribution is 0.131. The van der Waals surface area contributed by atoms with Gasteiger partial charge in [0.25, 0.3) is 0 Å². The maximum absolute atomic E-state index is 11.3. The summed E-state index contributed by atoms with van der Waals surface area (Å²) in [5, 5.41) is 0. The van der Waals surface area contributed by atoms with Crippen molar-refractivity contribution in [2.24, 2.45) is 7.05 Å². The van der Waals surface area contributed by atoms with Crippen LogP contribution in [0, 0.1) is 6.92 Å². The van der Waals surface area contributed by atoms with Crippen LogP contribution in [0.3, 0.4) is 0 Å². The van der Waals surface area contributed by atoms with Crippen LogP contribution in [0.5, 0.6) is 0 Å². The molecule has 0 aliphatic heterocycles. The summed E-state index contributed by atoms with van der Waals surface area (Å²) in [6.45, 7) is 2.48. The molecule has 96 valence electrons. The molecule has 0 saturated carbocycles. The molecule has 0 saturated heterocycles. The Morgan fingerprint density at radius 2 is 2.22 bits per heavy atom. The van der Waals surface area contributed by atoms with E-state index in [4.69, 9.17) is 0 Å². The Morgan fingerprint density at radius 3 is 2.89 bits per heavy atom. The van der Waals surface area contributed by atoms with E-state index in [1.165, 1.54) is 12.0 Å². The number of imidazole rings is 1. The molecular weight excluding hydrogens is 230 g/mol. The Balaban J connectivity index is 2.28. The fourth-order valence-electron chi connectivity index (χ4n) is 1.96. The maximum atomic E-state index is 11.3. The highest BCUT2D eigenvalue weighted by Gasteiger charge is 2.10. The van der Waals surface area contributed by atoms with Crippen LogP contribution in [0.25, 0.3) is 11.0 Å². The van der Waals surface area contributed by atoms with Gasteiger partial charge in [0.15, 0.2) is 0 Å². The fourth-order valence-corrected chi connectivity index (χ4v) is 1.96. The van der Waals surface area contributed by atoms with Crippen LogP contribution in [0.2, 0.25) is 0 Å². The highest BCUT2D eigenvalue weighted by atomic mass is 16.5. The molecule has 1 heterocycles. The molecule has 0 aliphatic carbocycles. The second kappa shape index (κ2) is 4.68. The van der Waals surface area contributed by atoms with Gasteiger partial charge in [0.1, 0.15) is 5.82 Å². The molecule has 2 aromatic rings. The van der Waals surface area contributed by atoms with Gasteiger partial charge in [-0.05, 0) is 24.6 Å². The van der Waals surface area contributed by atoms with E-state index < -0.39 is 0 Å². The van der Waals surface area contributed by atoms with E-state index in [2.05, 4.69) is 9.72 Å². The van der Waals surface area contributed by atoms with Crippen molar-refractivity contribution < 1.29 is 9.53 Å². The molecular formula is C13H17N3O2. The van der Waals surface area contributed by atoms with E-state index in [1.807, 2.05) is 36.7 Å². The molecule has 1 aromatic heterocycles. The molecule has 1 aromatic carbocycles. The quantitative estimate of drug-likeness (QED) is 0.816. The highest BCUT2D eigenvalue weighted by molar-refractivity contribution is 5.77. The lowest BCUT2D eigenvalue weighted by atomic mass is 10.2. The second-order valence-electron chi connectivity index (χ2n) is 4.37. The van der Waals surface area contributed by atoms with Crippen molar-refractivity contribution in [3.8, 4) is 0 Å². The second-order valence-corrected chi connectivity index (χ2v) is 4.37. The summed E-state index contributed by atoms with van der Waals surface area (Å²) in [6, 6.07) is 6.03. The lowest BCUT2D eigenvalue weighted by Gasteiger charge is -2.15. The van der Waals surface area contributed by atoms with Crippen molar-refractivity contribution >= 4 is 17.1 Å². The molecule has 0 radical (unpaired) electrons. The third-order valence-corrected chi connectivity index (χ3v) is 3.07. The maximum Gasteiger partial charge on any atom is 0.409 e. The Kier molecular flexibility index (Phi) is 3.23. The Labute approximate surface area is 106 Å². The minimum atomic E-state index is -0.340. The number of hydrogen-bond donors (Lipinski definition) is 0. The number of carbonyl (C=O) groups excluding carboxylic acids is 1. The van der Waals surface area contributed by atoms with Gasteiger partial charge in [0.05, 0.1) is 18.1 Å². The smallest absolute Gasteiger partial charge is 0.409 e. The molecule has 5 nitrogen and oxygen atoms in total. The SMILES string of the molecule is COC(=O)N(C)Cc1ccc2c(c1)nc(C)n2C. The number of methoxy groups -OCH3 is 1. The Bertz CT molecular complexity index is 589. The number of benzene rings is 1. The first-order valence-corrected chi connectivity index (χ1v) is 5.74. The zero-order chi connectivity index (χ0) is 13.3. The third kappa shape index (κ3) is 2.16. The van der Waals surface area contributed by atoms with Crippen LogP contribution in [0.4, 0.5) is 4.79 Å². The van der Waals surface area contributed by atoms with E-state index in [9.17, 15) is 4.79 Å².